The topological polar surface area (TPSA) is 46.9 Å². The van der Waals surface area contributed by atoms with Crippen LogP contribution in [0.4, 0.5) is 0 Å². The van der Waals surface area contributed by atoms with Gasteiger partial charge in [0, 0.05) is 18.8 Å². The first-order chi connectivity index (χ1) is 9.29. The fourth-order valence-corrected chi connectivity index (χ4v) is 3.63. The van der Waals surface area contributed by atoms with Crippen LogP contribution in [0, 0.1) is 5.92 Å². The molecule has 3 atom stereocenters. The Morgan fingerprint density at radius 3 is 3.11 bits per heavy atom. The van der Waals surface area contributed by atoms with Crippen molar-refractivity contribution in [3.8, 4) is 0 Å². The molecule has 0 aromatic carbocycles. The van der Waals surface area contributed by atoms with Crippen LogP contribution in [0.15, 0.2) is 12.3 Å². The van der Waals surface area contributed by atoms with Gasteiger partial charge in [-0.1, -0.05) is 19.8 Å². The molecule has 1 aliphatic heterocycles. The third-order valence-corrected chi connectivity index (χ3v) is 4.58. The van der Waals surface area contributed by atoms with Gasteiger partial charge in [-0.25, -0.2) is 0 Å². The molecule has 19 heavy (non-hydrogen) atoms. The summed E-state index contributed by atoms with van der Waals surface area (Å²) in [6, 6.07) is 2.45. The largest absolute Gasteiger partial charge is 0.304 e. The summed E-state index contributed by atoms with van der Waals surface area (Å²) < 4.78 is 1.85. The van der Waals surface area contributed by atoms with E-state index in [9.17, 15) is 4.79 Å². The highest BCUT2D eigenvalue weighted by atomic mass is 16.1. The predicted molar refractivity (Wildman–Crippen MR) is 74.1 cm³/mol. The lowest BCUT2D eigenvalue weighted by molar-refractivity contribution is 0.0938. The van der Waals surface area contributed by atoms with Crippen molar-refractivity contribution < 1.29 is 4.79 Å². The van der Waals surface area contributed by atoms with E-state index in [2.05, 4.69) is 17.3 Å². The van der Waals surface area contributed by atoms with E-state index >= 15 is 0 Å². The molecule has 104 valence electrons. The molecule has 1 saturated heterocycles. The quantitative estimate of drug-likeness (QED) is 0.847. The first-order valence-corrected chi connectivity index (χ1v) is 7.61. The van der Waals surface area contributed by atoms with Gasteiger partial charge in [0.15, 0.2) is 5.78 Å². The molecule has 1 aromatic heterocycles. The average molecular weight is 261 g/mol. The maximum absolute atomic E-state index is 12.6. The average Bonchev–Trinajstić information content (AvgIpc) is 3.04. The number of nitrogens with zero attached hydrogens (tertiary/aromatic N) is 2. The molecule has 4 heteroatoms. The number of hydrogen-bond donors (Lipinski definition) is 1. The second kappa shape index (κ2) is 5.45. The van der Waals surface area contributed by atoms with E-state index in [0.29, 0.717) is 12.0 Å². The van der Waals surface area contributed by atoms with Gasteiger partial charge < -0.3 is 5.32 Å². The van der Waals surface area contributed by atoms with Gasteiger partial charge in [-0.3, -0.25) is 9.48 Å². The molecule has 2 heterocycles. The Bertz CT molecular complexity index is 440. The minimum absolute atomic E-state index is 0.0143. The summed E-state index contributed by atoms with van der Waals surface area (Å²) in [7, 11) is 0. The third kappa shape index (κ3) is 2.46. The van der Waals surface area contributed by atoms with Crippen LogP contribution < -0.4 is 5.32 Å². The molecule has 1 N–H and O–H groups in total. The van der Waals surface area contributed by atoms with Gasteiger partial charge in [0.1, 0.15) is 5.69 Å². The zero-order valence-electron chi connectivity index (χ0n) is 11.6. The summed E-state index contributed by atoms with van der Waals surface area (Å²) in [5, 5.41) is 7.82. The first kappa shape index (κ1) is 12.9. The molecule has 1 aliphatic carbocycles. The lowest BCUT2D eigenvalue weighted by Crippen LogP contribution is -2.37. The van der Waals surface area contributed by atoms with E-state index in [-0.39, 0.29) is 11.8 Å². The van der Waals surface area contributed by atoms with Crippen LogP contribution in [-0.2, 0) is 6.54 Å². The molecule has 2 fully saturated rings. The van der Waals surface area contributed by atoms with Crippen molar-refractivity contribution in [2.75, 3.05) is 0 Å². The van der Waals surface area contributed by atoms with E-state index in [1.54, 1.807) is 6.20 Å². The summed E-state index contributed by atoms with van der Waals surface area (Å²) in [6.07, 6.45) is 8.93. The maximum Gasteiger partial charge on any atom is 0.197 e. The SMILES string of the molecule is CCCn1nccc1C(=O)C1CC2CCCCC2N1. The lowest BCUT2D eigenvalue weighted by atomic mass is 9.84. The zero-order valence-corrected chi connectivity index (χ0v) is 11.6. The Labute approximate surface area is 114 Å². The van der Waals surface area contributed by atoms with Gasteiger partial charge in [0.25, 0.3) is 0 Å². The minimum Gasteiger partial charge on any atom is -0.304 e. The summed E-state index contributed by atoms with van der Waals surface area (Å²) >= 11 is 0. The Balaban J connectivity index is 1.72. The number of Topliss-reactive ketones (excluding diaryl/α,β-unsaturated/α-hetero) is 1. The highest BCUT2D eigenvalue weighted by Gasteiger charge is 2.39. The molecule has 0 spiro atoms. The standard InChI is InChI=1S/C15H23N3O/c1-2-9-18-14(7-8-16-18)15(19)13-10-11-5-3-4-6-12(11)17-13/h7-8,11-13,17H,2-6,9-10H2,1H3. The minimum atomic E-state index is 0.0143. The molecule has 3 rings (SSSR count). The van der Waals surface area contributed by atoms with E-state index in [4.69, 9.17) is 0 Å². The van der Waals surface area contributed by atoms with Crippen LogP contribution in [0.2, 0.25) is 0 Å². The number of aryl methyl sites for hydroxylation is 1. The van der Waals surface area contributed by atoms with E-state index < -0.39 is 0 Å². The highest BCUT2D eigenvalue weighted by Crippen LogP contribution is 2.34. The molecule has 1 saturated carbocycles. The van der Waals surface area contributed by atoms with E-state index in [1.807, 2.05) is 10.7 Å². The Hall–Kier alpha value is -1.16. The van der Waals surface area contributed by atoms with Crippen molar-refractivity contribution in [2.45, 2.75) is 64.1 Å². The van der Waals surface area contributed by atoms with Crippen LogP contribution >= 0.6 is 0 Å². The summed E-state index contributed by atoms with van der Waals surface area (Å²) in [5.41, 5.74) is 0.776. The van der Waals surface area contributed by atoms with Crippen LogP contribution in [0.25, 0.3) is 0 Å². The fraction of sp³-hybridized carbons (Fsp3) is 0.733. The lowest BCUT2D eigenvalue weighted by Gasteiger charge is -2.24. The monoisotopic (exact) mass is 261 g/mol. The Kier molecular flexibility index (Phi) is 3.69. The van der Waals surface area contributed by atoms with Crippen molar-refractivity contribution in [3.05, 3.63) is 18.0 Å². The molecule has 1 aromatic rings. The molecule has 3 unspecified atom stereocenters. The number of fused-ring (bicyclic) bond motifs is 1. The molecular formula is C15H23N3O. The summed E-state index contributed by atoms with van der Waals surface area (Å²) in [4.78, 5) is 12.6. The number of nitrogens with one attached hydrogen (secondary N) is 1. The van der Waals surface area contributed by atoms with Crippen molar-refractivity contribution in [1.82, 2.24) is 15.1 Å². The van der Waals surface area contributed by atoms with Crippen LogP contribution in [0.5, 0.6) is 0 Å². The Morgan fingerprint density at radius 1 is 1.47 bits per heavy atom. The Morgan fingerprint density at radius 2 is 2.32 bits per heavy atom. The highest BCUT2D eigenvalue weighted by molar-refractivity contribution is 5.98. The van der Waals surface area contributed by atoms with Crippen LogP contribution in [0.1, 0.15) is 55.9 Å². The van der Waals surface area contributed by atoms with E-state index in [1.165, 1.54) is 25.7 Å². The summed E-state index contributed by atoms with van der Waals surface area (Å²) in [5.74, 6) is 0.950. The van der Waals surface area contributed by atoms with Crippen molar-refractivity contribution >= 4 is 5.78 Å². The second-order valence-corrected chi connectivity index (χ2v) is 5.91. The molecule has 2 aliphatic rings. The second-order valence-electron chi connectivity index (χ2n) is 5.91. The van der Waals surface area contributed by atoms with Gasteiger partial charge in [0.05, 0.1) is 6.04 Å². The van der Waals surface area contributed by atoms with Gasteiger partial charge >= 0.3 is 0 Å². The fourth-order valence-electron chi connectivity index (χ4n) is 3.63. The zero-order chi connectivity index (χ0) is 13.2. The normalized spacial score (nSPS) is 30.3. The predicted octanol–water partition coefficient (Wildman–Crippen LogP) is 2.40. The van der Waals surface area contributed by atoms with Gasteiger partial charge in [0.2, 0.25) is 0 Å². The number of ketones is 1. The number of carbonyl (C=O) groups is 1. The molecular weight excluding hydrogens is 238 g/mol. The number of aromatic nitrogens is 2. The molecule has 0 radical (unpaired) electrons. The number of hydrogen-bond acceptors (Lipinski definition) is 3. The van der Waals surface area contributed by atoms with Crippen molar-refractivity contribution in [1.29, 1.82) is 0 Å². The number of rotatable bonds is 4. The molecule has 0 amide bonds. The third-order valence-electron chi connectivity index (χ3n) is 4.58. The summed E-state index contributed by atoms with van der Waals surface area (Å²) in [6.45, 7) is 2.94. The molecule has 4 nitrogen and oxygen atoms in total. The maximum atomic E-state index is 12.6. The van der Waals surface area contributed by atoms with Crippen LogP contribution in [0.3, 0.4) is 0 Å². The van der Waals surface area contributed by atoms with Crippen molar-refractivity contribution in [3.63, 3.8) is 0 Å². The first-order valence-electron chi connectivity index (χ1n) is 7.61. The van der Waals surface area contributed by atoms with E-state index in [0.717, 1.165) is 25.1 Å². The van der Waals surface area contributed by atoms with Crippen LogP contribution in [-0.4, -0.2) is 27.6 Å². The van der Waals surface area contributed by atoms with Gasteiger partial charge in [-0.2, -0.15) is 5.10 Å². The van der Waals surface area contributed by atoms with Gasteiger partial charge in [-0.15, -0.1) is 0 Å². The molecule has 0 bridgehead atoms. The smallest absolute Gasteiger partial charge is 0.197 e. The van der Waals surface area contributed by atoms with Crippen molar-refractivity contribution in [2.24, 2.45) is 5.92 Å². The van der Waals surface area contributed by atoms with Gasteiger partial charge in [-0.05, 0) is 37.7 Å². The number of carbonyl (C=O) groups excluding carboxylic acids is 1.